The van der Waals surface area contributed by atoms with E-state index in [1.807, 2.05) is 0 Å². The Balaban J connectivity index is 3.50. The molecule has 0 aromatic carbocycles. The van der Waals surface area contributed by atoms with Gasteiger partial charge in [0.15, 0.2) is 0 Å². The van der Waals surface area contributed by atoms with Gasteiger partial charge in [0.1, 0.15) is 0 Å². The van der Waals surface area contributed by atoms with Gasteiger partial charge in [-0.2, -0.15) is 0 Å². The fourth-order valence-electron chi connectivity index (χ4n) is 0.562. The Hall–Kier alpha value is -0.0900. The van der Waals surface area contributed by atoms with Crippen molar-refractivity contribution in [1.29, 1.82) is 0 Å². The van der Waals surface area contributed by atoms with Crippen molar-refractivity contribution in [3.05, 3.63) is 0 Å². The van der Waals surface area contributed by atoms with Gasteiger partial charge in [-0.15, -0.1) is 11.6 Å². The van der Waals surface area contributed by atoms with Crippen LogP contribution in [-0.4, -0.2) is 34.5 Å². The number of carbonyl (C=O) groups excluding carboxylic acids is 1. The lowest BCUT2D eigenvalue weighted by molar-refractivity contribution is -0.123. The van der Waals surface area contributed by atoms with E-state index in [9.17, 15) is 9.00 Å². The average Bonchev–Trinajstić information content (AvgIpc) is 2.02. The summed E-state index contributed by atoms with van der Waals surface area (Å²) in [5, 5.41) is 2.65. The van der Waals surface area contributed by atoms with Crippen molar-refractivity contribution >= 4 is 28.3 Å². The maximum atomic E-state index is 11.1. The molecule has 0 fully saturated rings. The van der Waals surface area contributed by atoms with E-state index in [2.05, 4.69) is 5.32 Å². The van der Waals surface area contributed by atoms with Crippen LogP contribution in [0.5, 0.6) is 0 Å². The molecule has 0 radical (unpaired) electrons. The summed E-state index contributed by atoms with van der Waals surface area (Å²) in [6.07, 6.45) is 1.61. The van der Waals surface area contributed by atoms with Gasteiger partial charge in [-0.25, -0.2) is 0 Å². The zero-order valence-electron chi connectivity index (χ0n) is 7.30. The number of halogens is 1. The minimum Gasteiger partial charge on any atom is -0.355 e. The van der Waals surface area contributed by atoms with Gasteiger partial charge in [-0.05, 0) is 0 Å². The summed E-state index contributed by atoms with van der Waals surface area (Å²) in [5.41, 5.74) is 0. The molecule has 72 valence electrons. The van der Waals surface area contributed by atoms with Gasteiger partial charge in [0.2, 0.25) is 5.91 Å². The van der Waals surface area contributed by atoms with Crippen molar-refractivity contribution in [2.75, 3.05) is 24.4 Å². The van der Waals surface area contributed by atoms with Crippen LogP contribution in [0.25, 0.3) is 0 Å². The summed E-state index contributed by atoms with van der Waals surface area (Å²) in [7, 11) is -0.845. The molecule has 0 aliphatic rings. The minimum absolute atomic E-state index is 0.0737. The Morgan fingerprint density at radius 1 is 1.67 bits per heavy atom. The molecule has 0 heterocycles. The molecule has 0 aromatic rings. The Kier molecular flexibility index (Phi) is 6.38. The van der Waals surface area contributed by atoms with Gasteiger partial charge >= 0.3 is 0 Å². The van der Waals surface area contributed by atoms with Crippen LogP contribution in [0.4, 0.5) is 0 Å². The van der Waals surface area contributed by atoms with E-state index in [0.29, 0.717) is 18.2 Å². The third-order valence-electron chi connectivity index (χ3n) is 1.37. The lowest BCUT2D eigenvalue weighted by atomic mass is 10.2. The Bertz CT molecular complexity index is 175. The number of amides is 1. The molecule has 0 saturated carbocycles. The molecule has 0 rings (SSSR count). The van der Waals surface area contributed by atoms with Gasteiger partial charge in [0, 0.05) is 41.2 Å². The van der Waals surface area contributed by atoms with Crippen LogP contribution < -0.4 is 5.32 Å². The monoisotopic (exact) mass is 211 g/mol. The van der Waals surface area contributed by atoms with E-state index < -0.39 is 10.8 Å². The van der Waals surface area contributed by atoms with Crippen LogP contribution in [-0.2, 0) is 15.6 Å². The van der Waals surface area contributed by atoms with Crippen molar-refractivity contribution in [3.63, 3.8) is 0 Å². The zero-order valence-corrected chi connectivity index (χ0v) is 8.87. The SMILES string of the molecule is CC(CCl)C(=O)NCCS(C)=O. The van der Waals surface area contributed by atoms with E-state index in [4.69, 9.17) is 11.6 Å². The van der Waals surface area contributed by atoms with Crippen molar-refractivity contribution in [2.45, 2.75) is 6.92 Å². The normalized spacial score (nSPS) is 15.2. The third kappa shape index (κ3) is 5.55. The van der Waals surface area contributed by atoms with E-state index in [1.54, 1.807) is 13.2 Å². The molecule has 0 spiro atoms. The van der Waals surface area contributed by atoms with Crippen LogP contribution in [0.2, 0.25) is 0 Å². The maximum Gasteiger partial charge on any atom is 0.224 e. The molecule has 2 unspecified atom stereocenters. The third-order valence-corrected chi connectivity index (χ3v) is 2.61. The number of carbonyl (C=O) groups is 1. The molecule has 0 bridgehead atoms. The fourth-order valence-corrected chi connectivity index (χ4v) is 1.09. The molecule has 0 aliphatic heterocycles. The Labute approximate surface area is 80.3 Å². The molecule has 1 amide bonds. The summed E-state index contributed by atoms with van der Waals surface area (Å²) in [5.74, 6) is 0.578. The molecule has 0 aromatic heterocycles. The van der Waals surface area contributed by atoms with Gasteiger partial charge in [-0.3, -0.25) is 9.00 Å². The smallest absolute Gasteiger partial charge is 0.224 e. The van der Waals surface area contributed by atoms with E-state index >= 15 is 0 Å². The summed E-state index contributed by atoms with van der Waals surface area (Å²) in [6.45, 7) is 2.22. The Morgan fingerprint density at radius 3 is 2.67 bits per heavy atom. The highest BCUT2D eigenvalue weighted by molar-refractivity contribution is 7.84. The largest absolute Gasteiger partial charge is 0.355 e. The van der Waals surface area contributed by atoms with Crippen molar-refractivity contribution in [2.24, 2.45) is 5.92 Å². The molecular weight excluding hydrogens is 198 g/mol. The molecule has 1 N–H and O–H groups in total. The lowest BCUT2D eigenvalue weighted by Gasteiger charge is -2.07. The highest BCUT2D eigenvalue weighted by Gasteiger charge is 2.09. The molecule has 5 heteroatoms. The molecule has 0 aliphatic carbocycles. The molecule has 2 atom stereocenters. The second-order valence-electron chi connectivity index (χ2n) is 2.62. The highest BCUT2D eigenvalue weighted by Crippen LogP contribution is 1.96. The second-order valence-corrected chi connectivity index (χ2v) is 4.49. The predicted octanol–water partition coefficient (Wildman–Crippen LogP) is 0.356. The van der Waals surface area contributed by atoms with Gasteiger partial charge in [0.05, 0.1) is 0 Å². The van der Waals surface area contributed by atoms with E-state index in [-0.39, 0.29) is 11.8 Å². The number of hydrogen-bond donors (Lipinski definition) is 1. The highest BCUT2D eigenvalue weighted by atomic mass is 35.5. The summed E-state index contributed by atoms with van der Waals surface area (Å²) >= 11 is 5.47. The predicted molar refractivity (Wildman–Crippen MR) is 51.8 cm³/mol. The maximum absolute atomic E-state index is 11.1. The van der Waals surface area contributed by atoms with Crippen molar-refractivity contribution < 1.29 is 9.00 Å². The summed E-state index contributed by atoms with van der Waals surface area (Å²) in [4.78, 5) is 11.1. The molecule has 0 saturated heterocycles. The van der Waals surface area contributed by atoms with Crippen LogP contribution in [0.3, 0.4) is 0 Å². The minimum atomic E-state index is -0.845. The quantitative estimate of drug-likeness (QED) is 0.668. The van der Waals surface area contributed by atoms with Gasteiger partial charge in [-0.1, -0.05) is 6.92 Å². The number of nitrogens with one attached hydrogen (secondary N) is 1. The molecule has 3 nitrogen and oxygen atoms in total. The molecule has 12 heavy (non-hydrogen) atoms. The first-order valence-corrected chi connectivity index (χ1v) is 5.97. The van der Waals surface area contributed by atoms with Crippen LogP contribution in [0, 0.1) is 5.92 Å². The Morgan fingerprint density at radius 2 is 2.25 bits per heavy atom. The number of rotatable bonds is 5. The average molecular weight is 212 g/mol. The van der Waals surface area contributed by atoms with Crippen molar-refractivity contribution in [1.82, 2.24) is 5.32 Å². The van der Waals surface area contributed by atoms with E-state index in [0.717, 1.165) is 0 Å². The van der Waals surface area contributed by atoms with Crippen LogP contribution in [0.1, 0.15) is 6.92 Å². The first-order chi connectivity index (χ1) is 5.57. The standard InChI is InChI=1S/C7H14ClNO2S/c1-6(5-8)7(10)9-3-4-12(2)11/h6H,3-5H2,1-2H3,(H,9,10). The fraction of sp³-hybridized carbons (Fsp3) is 0.857. The van der Waals surface area contributed by atoms with Crippen LogP contribution in [0.15, 0.2) is 0 Å². The number of alkyl halides is 1. The summed E-state index contributed by atoms with van der Waals surface area (Å²) < 4.78 is 10.6. The topological polar surface area (TPSA) is 46.2 Å². The summed E-state index contributed by atoms with van der Waals surface area (Å²) in [6, 6.07) is 0. The first-order valence-electron chi connectivity index (χ1n) is 3.71. The second kappa shape index (κ2) is 6.43. The number of hydrogen-bond acceptors (Lipinski definition) is 2. The van der Waals surface area contributed by atoms with Gasteiger partial charge < -0.3 is 5.32 Å². The zero-order chi connectivity index (χ0) is 9.56. The van der Waals surface area contributed by atoms with Crippen molar-refractivity contribution in [3.8, 4) is 0 Å². The first kappa shape index (κ1) is 11.9. The van der Waals surface area contributed by atoms with E-state index in [1.165, 1.54) is 0 Å². The lowest BCUT2D eigenvalue weighted by Crippen LogP contribution is -2.32. The molecular formula is C7H14ClNO2S. The van der Waals surface area contributed by atoms with Gasteiger partial charge in [0.25, 0.3) is 0 Å². The van der Waals surface area contributed by atoms with Crippen LogP contribution >= 0.6 is 11.6 Å².